The van der Waals surface area contributed by atoms with Crippen LogP contribution in [-0.4, -0.2) is 55.5 Å². The van der Waals surface area contributed by atoms with Gasteiger partial charge in [-0.3, -0.25) is 15.5 Å². The first-order valence-corrected chi connectivity index (χ1v) is 6.29. The minimum atomic E-state index is -0.722. The van der Waals surface area contributed by atoms with E-state index >= 15 is 0 Å². The molecule has 0 aliphatic rings. The van der Waals surface area contributed by atoms with Crippen molar-refractivity contribution in [3.63, 3.8) is 0 Å². The van der Waals surface area contributed by atoms with Crippen LogP contribution < -0.4 is 10.6 Å². The smallest absolute Gasteiger partial charge is 0.413 e. The average molecular weight is 284 g/mol. The predicted octanol–water partition coefficient (Wildman–Crippen LogP) is 0.722. The maximum absolute atomic E-state index is 11.4. The summed E-state index contributed by atoms with van der Waals surface area (Å²) >= 11 is 0. The number of nitrogens with one attached hydrogen (secondary N) is 3. The first-order valence-electron chi connectivity index (χ1n) is 6.29. The number of carbonyl (C=O) groups is 2. The van der Waals surface area contributed by atoms with Crippen LogP contribution in [0.5, 0.6) is 0 Å². The SMILES string of the molecule is CN(C)CCNC(=O)/C=C\C(=N)NC(=O)OC(C)(C)C. The Bertz CT molecular complexity index is 384. The molecule has 0 bridgehead atoms. The molecular formula is C13H24N4O3. The van der Waals surface area contributed by atoms with Gasteiger partial charge in [-0.1, -0.05) is 0 Å². The molecule has 0 aromatic carbocycles. The second kappa shape index (κ2) is 8.31. The van der Waals surface area contributed by atoms with Crippen molar-refractivity contribution in [3.8, 4) is 0 Å². The number of carbonyl (C=O) groups excluding carboxylic acids is 2. The molecule has 114 valence electrons. The van der Waals surface area contributed by atoms with Crippen molar-refractivity contribution in [2.75, 3.05) is 27.2 Å². The monoisotopic (exact) mass is 284 g/mol. The van der Waals surface area contributed by atoms with E-state index in [1.165, 1.54) is 12.2 Å². The first-order chi connectivity index (χ1) is 9.10. The Morgan fingerprint density at radius 2 is 1.85 bits per heavy atom. The van der Waals surface area contributed by atoms with Crippen molar-refractivity contribution in [3.05, 3.63) is 12.2 Å². The van der Waals surface area contributed by atoms with Gasteiger partial charge >= 0.3 is 6.09 Å². The van der Waals surface area contributed by atoms with E-state index < -0.39 is 11.7 Å². The highest BCUT2D eigenvalue weighted by atomic mass is 16.6. The highest BCUT2D eigenvalue weighted by Crippen LogP contribution is 2.06. The van der Waals surface area contributed by atoms with Gasteiger partial charge < -0.3 is 15.0 Å². The Morgan fingerprint density at radius 1 is 1.25 bits per heavy atom. The number of hydrogen-bond acceptors (Lipinski definition) is 5. The number of rotatable bonds is 5. The number of ether oxygens (including phenoxy) is 1. The Labute approximate surface area is 119 Å². The Hall–Kier alpha value is -1.89. The highest BCUT2D eigenvalue weighted by Gasteiger charge is 2.16. The number of amidine groups is 1. The molecule has 0 aliphatic heterocycles. The van der Waals surface area contributed by atoms with Gasteiger partial charge in [-0.05, 0) is 40.9 Å². The molecule has 0 heterocycles. The molecule has 0 fully saturated rings. The minimum absolute atomic E-state index is 0.206. The molecule has 2 amide bonds. The van der Waals surface area contributed by atoms with Crippen LogP contribution in [0.4, 0.5) is 4.79 Å². The topological polar surface area (TPSA) is 94.5 Å². The molecule has 3 N–H and O–H groups in total. The quantitative estimate of drug-likeness (QED) is 0.394. The van der Waals surface area contributed by atoms with Gasteiger partial charge in [0.2, 0.25) is 5.91 Å². The predicted molar refractivity (Wildman–Crippen MR) is 77.8 cm³/mol. The molecule has 0 radical (unpaired) electrons. The van der Waals surface area contributed by atoms with E-state index in [1.54, 1.807) is 20.8 Å². The molecule has 0 saturated carbocycles. The molecule has 0 aromatic rings. The lowest BCUT2D eigenvalue weighted by Gasteiger charge is -2.19. The molecule has 0 spiro atoms. The maximum Gasteiger partial charge on any atom is 0.413 e. The lowest BCUT2D eigenvalue weighted by atomic mass is 10.2. The second-order valence-electron chi connectivity index (χ2n) is 5.47. The summed E-state index contributed by atoms with van der Waals surface area (Å²) in [6, 6.07) is 0. The normalized spacial score (nSPS) is 11.5. The first kappa shape index (κ1) is 18.1. The van der Waals surface area contributed by atoms with Crippen LogP contribution in [0.2, 0.25) is 0 Å². The second-order valence-corrected chi connectivity index (χ2v) is 5.47. The maximum atomic E-state index is 11.4. The largest absolute Gasteiger partial charge is 0.444 e. The number of alkyl carbamates (subject to hydrolysis) is 1. The molecule has 0 aromatic heterocycles. The summed E-state index contributed by atoms with van der Waals surface area (Å²) in [4.78, 5) is 24.7. The van der Waals surface area contributed by atoms with Gasteiger partial charge in [0.05, 0.1) is 0 Å². The van der Waals surface area contributed by atoms with Crippen molar-refractivity contribution in [2.24, 2.45) is 0 Å². The summed E-state index contributed by atoms with van der Waals surface area (Å²) in [5.41, 5.74) is -0.627. The number of amides is 2. The molecule has 0 saturated heterocycles. The van der Waals surface area contributed by atoms with Crippen LogP contribution >= 0.6 is 0 Å². The van der Waals surface area contributed by atoms with Gasteiger partial charge in [-0.15, -0.1) is 0 Å². The summed E-state index contributed by atoms with van der Waals surface area (Å²) in [7, 11) is 3.81. The summed E-state index contributed by atoms with van der Waals surface area (Å²) in [6.45, 7) is 6.43. The number of likely N-dealkylation sites (N-methyl/N-ethyl adjacent to an activating group) is 1. The fourth-order valence-corrected chi connectivity index (χ4v) is 1.08. The number of hydrogen-bond donors (Lipinski definition) is 3. The fourth-order valence-electron chi connectivity index (χ4n) is 1.08. The van der Waals surface area contributed by atoms with Crippen molar-refractivity contribution in [1.29, 1.82) is 5.41 Å². The van der Waals surface area contributed by atoms with Crippen LogP contribution in [-0.2, 0) is 9.53 Å². The van der Waals surface area contributed by atoms with Gasteiger partial charge in [0, 0.05) is 19.2 Å². The highest BCUT2D eigenvalue weighted by molar-refractivity contribution is 6.03. The Morgan fingerprint density at radius 3 is 2.35 bits per heavy atom. The Kier molecular flexibility index (Phi) is 7.53. The van der Waals surface area contributed by atoms with E-state index in [4.69, 9.17) is 10.1 Å². The standard InChI is InChI=1S/C13H24N4O3/c1-13(2,3)20-12(19)16-10(14)6-7-11(18)15-8-9-17(4)5/h6-7H,8-9H2,1-5H3,(H,15,18)(H2,14,16,19)/b7-6-. The van der Waals surface area contributed by atoms with Crippen LogP contribution in [0.15, 0.2) is 12.2 Å². The fraction of sp³-hybridized carbons (Fsp3) is 0.615. The van der Waals surface area contributed by atoms with Crippen molar-refractivity contribution >= 4 is 17.8 Å². The van der Waals surface area contributed by atoms with E-state index in [2.05, 4.69) is 10.6 Å². The van der Waals surface area contributed by atoms with E-state index in [1.807, 2.05) is 19.0 Å². The lowest BCUT2D eigenvalue weighted by Crippen LogP contribution is -2.35. The molecule has 20 heavy (non-hydrogen) atoms. The average Bonchev–Trinajstić information content (AvgIpc) is 2.23. The minimum Gasteiger partial charge on any atom is -0.444 e. The molecule has 0 rings (SSSR count). The Balaban J connectivity index is 4.04. The van der Waals surface area contributed by atoms with Crippen LogP contribution in [0, 0.1) is 5.41 Å². The molecule has 0 unspecified atom stereocenters. The molecule has 7 nitrogen and oxygen atoms in total. The van der Waals surface area contributed by atoms with Crippen LogP contribution in [0.1, 0.15) is 20.8 Å². The number of nitrogens with zero attached hydrogens (tertiary/aromatic N) is 1. The summed E-state index contributed by atoms with van der Waals surface area (Å²) in [6.07, 6.45) is 1.67. The van der Waals surface area contributed by atoms with Gasteiger partial charge in [0.15, 0.2) is 0 Å². The van der Waals surface area contributed by atoms with E-state index in [0.29, 0.717) is 6.54 Å². The van der Waals surface area contributed by atoms with Gasteiger partial charge in [-0.25, -0.2) is 4.79 Å². The zero-order valence-corrected chi connectivity index (χ0v) is 12.7. The zero-order valence-electron chi connectivity index (χ0n) is 12.7. The molecule has 7 heteroatoms. The van der Waals surface area contributed by atoms with Gasteiger partial charge in [0.25, 0.3) is 0 Å². The molecule has 0 aliphatic carbocycles. The molecular weight excluding hydrogens is 260 g/mol. The third-order valence-corrected chi connectivity index (χ3v) is 1.90. The lowest BCUT2D eigenvalue weighted by molar-refractivity contribution is -0.116. The summed E-state index contributed by atoms with van der Waals surface area (Å²) < 4.78 is 4.98. The van der Waals surface area contributed by atoms with Crippen molar-refractivity contribution < 1.29 is 14.3 Å². The van der Waals surface area contributed by atoms with Crippen molar-refractivity contribution in [1.82, 2.24) is 15.5 Å². The third-order valence-electron chi connectivity index (χ3n) is 1.90. The zero-order chi connectivity index (χ0) is 15.8. The van der Waals surface area contributed by atoms with E-state index in [0.717, 1.165) is 6.54 Å². The van der Waals surface area contributed by atoms with E-state index in [9.17, 15) is 9.59 Å². The summed E-state index contributed by atoms with van der Waals surface area (Å²) in [5, 5.41) is 12.3. The summed E-state index contributed by atoms with van der Waals surface area (Å²) in [5.74, 6) is -0.524. The van der Waals surface area contributed by atoms with E-state index in [-0.39, 0.29) is 11.7 Å². The van der Waals surface area contributed by atoms with Crippen molar-refractivity contribution in [2.45, 2.75) is 26.4 Å². The van der Waals surface area contributed by atoms with Crippen LogP contribution in [0.25, 0.3) is 0 Å². The third kappa shape index (κ3) is 11.2. The van der Waals surface area contributed by atoms with Gasteiger partial charge in [0.1, 0.15) is 11.4 Å². The van der Waals surface area contributed by atoms with Crippen LogP contribution in [0.3, 0.4) is 0 Å². The molecule has 0 atom stereocenters. The van der Waals surface area contributed by atoms with Gasteiger partial charge in [-0.2, -0.15) is 0 Å².